The summed E-state index contributed by atoms with van der Waals surface area (Å²) >= 11 is 8.59. The van der Waals surface area contributed by atoms with E-state index in [1.807, 2.05) is 12.1 Å². The lowest BCUT2D eigenvalue weighted by Gasteiger charge is -2.37. The summed E-state index contributed by atoms with van der Waals surface area (Å²) in [5.41, 5.74) is 5.80. The molecule has 4 nitrogen and oxygen atoms in total. The number of hydrogen-bond donors (Lipinski definition) is 0. The molecule has 0 unspecified atom stereocenters. The Morgan fingerprint density at radius 1 is 1.00 bits per heavy atom. The molecule has 2 aromatic heterocycles. The first-order valence-electron chi connectivity index (χ1n) is 10.7. The molecule has 0 N–H and O–H groups in total. The Morgan fingerprint density at radius 2 is 1.84 bits per heavy atom. The van der Waals surface area contributed by atoms with E-state index in [9.17, 15) is 0 Å². The summed E-state index contributed by atoms with van der Waals surface area (Å²) in [4.78, 5) is 11.0. The topological polar surface area (TPSA) is 28.6 Å². The molecule has 31 heavy (non-hydrogen) atoms. The molecule has 2 aliphatic rings. The standard InChI is InChI=1S/C25H26ClN3OS/c1-30-23-6-3-2-5-22(23)29-14-12-28(13-15-29)17-18-8-10-20-19(25(18)26)9-11-21(27-20)24-7-4-16-31-24/h2-7,9,11,16H,8,10,12-15,17H2,1H3. The van der Waals surface area contributed by atoms with Gasteiger partial charge in [-0.15, -0.1) is 11.3 Å². The number of para-hydroxylation sites is 2. The van der Waals surface area contributed by atoms with Crippen molar-refractivity contribution in [3.63, 3.8) is 0 Å². The quantitative estimate of drug-likeness (QED) is 0.509. The Balaban J connectivity index is 1.26. The van der Waals surface area contributed by atoms with Crippen molar-refractivity contribution in [1.82, 2.24) is 9.88 Å². The summed E-state index contributed by atoms with van der Waals surface area (Å²) in [6.07, 6.45) is 1.95. The maximum atomic E-state index is 6.86. The minimum atomic E-state index is 0.902. The Kier molecular flexibility index (Phi) is 5.99. The molecular weight excluding hydrogens is 426 g/mol. The molecule has 0 amide bonds. The van der Waals surface area contributed by atoms with Gasteiger partial charge in [-0.25, -0.2) is 0 Å². The van der Waals surface area contributed by atoms with E-state index < -0.39 is 0 Å². The van der Waals surface area contributed by atoms with Crippen LogP contribution in [0.3, 0.4) is 0 Å². The number of nitrogens with zero attached hydrogens (tertiary/aromatic N) is 3. The zero-order valence-corrected chi connectivity index (χ0v) is 19.3. The Hall–Kier alpha value is -2.34. The van der Waals surface area contributed by atoms with Gasteiger partial charge in [-0.2, -0.15) is 0 Å². The van der Waals surface area contributed by atoms with Crippen LogP contribution in [-0.4, -0.2) is 49.7 Å². The number of rotatable bonds is 5. The van der Waals surface area contributed by atoms with Gasteiger partial charge in [-0.05, 0) is 54.1 Å². The van der Waals surface area contributed by atoms with Gasteiger partial charge in [0.25, 0.3) is 0 Å². The molecule has 3 heterocycles. The second kappa shape index (κ2) is 9.03. The smallest absolute Gasteiger partial charge is 0.142 e. The predicted octanol–water partition coefficient (Wildman–Crippen LogP) is 5.54. The maximum Gasteiger partial charge on any atom is 0.142 e. The van der Waals surface area contributed by atoms with E-state index in [1.165, 1.54) is 16.1 Å². The lowest BCUT2D eigenvalue weighted by molar-refractivity contribution is 0.275. The second-order valence-electron chi connectivity index (χ2n) is 8.02. The fraction of sp³-hybridized carbons (Fsp3) is 0.320. The molecule has 0 bridgehead atoms. The van der Waals surface area contributed by atoms with Gasteiger partial charge in [0, 0.05) is 38.3 Å². The van der Waals surface area contributed by atoms with Gasteiger partial charge in [0.05, 0.1) is 34.1 Å². The molecule has 5 rings (SSSR count). The van der Waals surface area contributed by atoms with E-state index in [1.54, 1.807) is 18.4 Å². The minimum Gasteiger partial charge on any atom is -0.495 e. The van der Waals surface area contributed by atoms with E-state index in [-0.39, 0.29) is 0 Å². The monoisotopic (exact) mass is 451 g/mol. The lowest BCUT2D eigenvalue weighted by atomic mass is 9.95. The molecule has 6 heteroatoms. The zero-order chi connectivity index (χ0) is 21.2. The highest BCUT2D eigenvalue weighted by Gasteiger charge is 2.24. The predicted molar refractivity (Wildman–Crippen MR) is 130 cm³/mol. The molecule has 0 saturated carbocycles. The van der Waals surface area contributed by atoms with Gasteiger partial charge in [0.2, 0.25) is 0 Å². The summed E-state index contributed by atoms with van der Waals surface area (Å²) in [7, 11) is 1.74. The van der Waals surface area contributed by atoms with Gasteiger partial charge in [0.1, 0.15) is 5.75 Å². The number of benzene rings is 1. The molecular formula is C25H26ClN3OS. The number of halogens is 1. The van der Waals surface area contributed by atoms with Crippen LogP contribution in [0, 0.1) is 0 Å². The van der Waals surface area contributed by atoms with Crippen LogP contribution in [0.4, 0.5) is 5.69 Å². The number of thiophene rings is 1. The molecule has 3 aromatic rings. The van der Waals surface area contributed by atoms with Crippen molar-refractivity contribution in [1.29, 1.82) is 0 Å². The number of anilines is 1. The van der Waals surface area contributed by atoms with Crippen LogP contribution in [0.25, 0.3) is 15.6 Å². The summed E-state index contributed by atoms with van der Waals surface area (Å²) in [5.74, 6) is 0.944. The fourth-order valence-electron chi connectivity index (χ4n) is 4.48. The van der Waals surface area contributed by atoms with Crippen LogP contribution in [0.1, 0.15) is 17.7 Å². The average Bonchev–Trinajstić information content (AvgIpc) is 3.36. The third-order valence-electron chi connectivity index (χ3n) is 6.17. The lowest BCUT2D eigenvalue weighted by Crippen LogP contribution is -2.47. The van der Waals surface area contributed by atoms with Crippen molar-refractivity contribution in [2.75, 3.05) is 44.7 Å². The number of hydrogen-bond acceptors (Lipinski definition) is 5. The highest BCUT2D eigenvalue weighted by Crippen LogP contribution is 2.36. The molecule has 0 radical (unpaired) electrons. The number of ether oxygens (including phenoxy) is 1. The van der Waals surface area contributed by atoms with Crippen LogP contribution in [0.15, 0.2) is 59.5 Å². The van der Waals surface area contributed by atoms with Crippen LogP contribution < -0.4 is 9.64 Å². The van der Waals surface area contributed by atoms with Gasteiger partial charge >= 0.3 is 0 Å². The first-order chi connectivity index (χ1) is 15.2. The Labute approximate surface area is 192 Å². The first kappa shape index (κ1) is 20.6. The molecule has 160 valence electrons. The highest BCUT2D eigenvalue weighted by atomic mass is 35.5. The second-order valence-corrected chi connectivity index (χ2v) is 9.35. The number of pyridine rings is 1. The van der Waals surface area contributed by atoms with Crippen LogP contribution in [0.5, 0.6) is 5.75 Å². The van der Waals surface area contributed by atoms with Gasteiger partial charge in [0.15, 0.2) is 0 Å². The number of aromatic nitrogens is 1. The van der Waals surface area contributed by atoms with Crippen molar-refractivity contribution in [3.05, 3.63) is 70.7 Å². The van der Waals surface area contributed by atoms with Crippen LogP contribution in [-0.2, 0) is 6.42 Å². The van der Waals surface area contributed by atoms with Crippen LogP contribution in [0.2, 0.25) is 0 Å². The first-order valence-corrected chi connectivity index (χ1v) is 12.0. The van der Waals surface area contributed by atoms with Crippen molar-refractivity contribution in [2.45, 2.75) is 12.8 Å². The van der Waals surface area contributed by atoms with E-state index in [0.717, 1.165) is 73.3 Å². The SMILES string of the molecule is COc1ccccc1N1CCN(CC2=C(Cl)c3ccc(-c4cccs4)nc3CC2)CC1. The fourth-order valence-corrected chi connectivity index (χ4v) is 5.50. The van der Waals surface area contributed by atoms with E-state index >= 15 is 0 Å². The third kappa shape index (κ3) is 4.22. The summed E-state index contributed by atoms with van der Waals surface area (Å²) in [6, 6.07) is 16.7. The Bertz CT molecular complexity index is 1090. The van der Waals surface area contributed by atoms with Gasteiger partial charge < -0.3 is 9.64 Å². The van der Waals surface area contributed by atoms with E-state index in [4.69, 9.17) is 21.3 Å². The number of fused-ring (bicyclic) bond motifs is 1. The normalized spacial score (nSPS) is 17.0. The van der Waals surface area contributed by atoms with Crippen molar-refractivity contribution in [3.8, 4) is 16.3 Å². The maximum absolute atomic E-state index is 6.86. The number of methoxy groups -OCH3 is 1. The molecule has 1 aliphatic heterocycles. The number of piperazine rings is 1. The number of aryl methyl sites for hydroxylation is 1. The van der Waals surface area contributed by atoms with E-state index in [0.29, 0.717) is 0 Å². The molecule has 1 fully saturated rings. The highest BCUT2D eigenvalue weighted by molar-refractivity contribution is 7.13. The molecule has 0 spiro atoms. The average molecular weight is 452 g/mol. The minimum absolute atomic E-state index is 0.902. The van der Waals surface area contributed by atoms with Crippen molar-refractivity contribution < 1.29 is 4.74 Å². The molecule has 1 aliphatic carbocycles. The molecule has 0 atom stereocenters. The van der Waals surface area contributed by atoms with Crippen molar-refractivity contribution in [2.24, 2.45) is 0 Å². The third-order valence-corrected chi connectivity index (χ3v) is 7.53. The largest absolute Gasteiger partial charge is 0.495 e. The van der Waals surface area contributed by atoms with Crippen LogP contribution >= 0.6 is 22.9 Å². The van der Waals surface area contributed by atoms with E-state index in [2.05, 4.69) is 51.6 Å². The summed E-state index contributed by atoms with van der Waals surface area (Å²) in [6.45, 7) is 4.97. The Morgan fingerprint density at radius 3 is 2.61 bits per heavy atom. The van der Waals surface area contributed by atoms with Crippen molar-refractivity contribution >= 4 is 33.7 Å². The molecule has 1 aromatic carbocycles. The summed E-state index contributed by atoms with van der Waals surface area (Å²) < 4.78 is 5.54. The zero-order valence-electron chi connectivity index (χ0n) is 17.7. The molecule has 1 saturated heterocycles. The van der Waals surface area contributed by atoms with Gasteiger partial charge in [-0.1, -0.05) is 29.8 Å². The summed E-state index contributed by atoms with van der Waals surface area (Å²) in [5, 5.41) is 2.99. The van der Waals surface area contributed by atoms with Gasteiger partial charge in [-0.3, -0.25) is 9.88 Å².